The van der Waals surface area contributed by atoms with Crippen LogP contribution in [0, 0.1) is 19.7 Å². The van der Waals surface area contributed by atoms with Crippen molar-refractivity contribution in [3.05, 3.63) is 92.8 Å². The predicted molar refractivity (Wildman–Crippen MR) is 150 cm³/mol. The Hall–Kier alpha value is -3.55. The van der Waals surface area contributed by atoms with E-state index in [0.29, 0.717) is 38.7 Å². The fourth-order valence-corrected chi connectivity index (χ4v) is 5.48. The van der Waals surface area contributed by atoms with Gasteiger partial charge in [-0.3, -0.25) is 10.2 Å². The molecule has 0 bridgehead atoms. The van der Waals surface area contributed by atoms with Crippen LogP contribution >= 0.6 is 23.2 Å². The third-order valence-corrected chi connectivity index (χ3v) is 7.26. The van der Waals surface area contributed by atoms with Gasteiger partial charge in [0.05, 0.1) is 24.1 Å². The number of ether oxygens (including phenoxy) is 1. The number of carbonyl (C=O) groups is 1. The second kappa shape index (κ2) is 9.97. The molecule has 0 fully saturated rings. The number of fused-ring (bicyclic) bond motifs is 1. The quantitative estimate of drug-likeness (QED) is 0.270. The molecule has 9 heteroatoms. The van der Waals surface area contributed by atoms with Crippen molar-refractivity contribution >= 4 is 40.7 Å². The molecule has 3 aromatic carbocycles. The molecule has 5 rings (SSSR count). The van der Waals surface area contributed by atoms with Crippen LogP contribution in [0.1, 0.15) is 48.3 Å². The Kier molecular flexibility index (Phi) is 6.84. The van der Waals surface area contributed by atoms with E-state index >= 15 is 0 Å². The molecule has 4 aromatic rings. The highest BCUT2D eigenvalue weighted by molar-refractivity contribution is 6.31. The Labute approximate surface area is 231 Å². The number of aromatic nitrogens is 2. The number of urea groups is 1. The highest BCUT2D eigenvalue weighted by atomic mass is 35.5. The Morgan fingerprint density at radius 1 is 1.00 bits per heavy atom. The summed E-state index contributed by atoms with van der Waals surface area (Å²) in [4.78, 5) is 20.3. The Balaban J connectivity index is 1.86. The van der Waals surface area contributed by atoms with Crippen LogP contribution in [-0.2, 0) is 0 Å². The number of rotatable bonds is 5. The molecule has 1 aliphatic rings. The molecule has 1 aliphatic heterocycles. The number of nitrogens with zero attached hydrogens (tertiary/aromatic N) is 3. The van der Waals surface area contributed by atoms with Crippen molar-refractivity contribution in [1.29, 1.82) is 0 Å². The maximum absolute atomic E-state index is 14.4. The third-order valence-electron chi connectivity index (χ3n) is 6.79. The van der Waals surface area contributed by atoms with Gasteiger partial charge in [-0.1, -0.05) is 35.3 Å². The second-order valence-corrected chi connectivity index (χ2v) is 10.5. The summed E-state index contributed by atoms with van der Waals surface area (Å²) in [5.74, 6) is 0.953. The number of benzene rings is 3. The molecule has 196 valence electrons. The Morgan fingerprint density at radius 3 is 2.39 bits per heavy atom. The molecule has 1 atom stereocenters. The third kappa shape index (κ3) is 4.40. The van der Waals surface area contributed by atoms with E-state index in [9.17, 15) is 9.18 Å². The van der Waals surface area contributed by atoms with Crippen LogP contribution in [0.3, 0.4) is 0 Å². The molecule has 1 aromatic heterocycles. The zero-order valence-corrected chi connectivity index (χ0v) is 23.2. The van der Waals surface area contributed by atoms with Gasteiger partial charge < -0.3 is 9.30 Å². The number of halogens is 3. The molecule has 38 heavy (non-hydrogen) atoms. The molecule has 0 saturated heterocycles. The second-order valence-electron chi connectivity index (χ2n) is 9.61. The summed E-state index contributed by atoms with van der Waals surface area (Å²) in [6, 6.07) is 14.4. The maximum Gasteiger partial charge on any atom is 0.328 e. The Bertz CT molecular complexity index is 1570. The van der Waals surface area contributed by atoms with Gasteiger partial charge in [0.15, 0.2) is 5.82 Å². The number of amides is 2. The average molecular weight is 553 g/mol. The summed E-state index contributed by atoms with van der Waals surface area (Å²) in [5.41, 5.74) is 4.58. The van der Waals surface area contributed by atoms with Crippen molar-refractivity contribution < 1.29 is 13.9 Å². The van der Waals surface area contributed by atoms with Gasteiger partial charge in [0, 0.05) is 16.1 Å². The van der Waals surface area contributed by atoms with E-state index in [-0.39, 0.29) is 12.1 Å². The van der Waals surface area contributed by atoms with E-state index in [1.54, 1.807) is 23.1 Å². The first-order valence-electron chi connectivity index (χ1n) is 12.2. The molecular weight excluding hydrogens is 526 g/mol. The highest BCUT2D eigenvalue weighted by Crippen LogP contribution is 2.46. The first-order chi connectivity index (χ1) is 18.1. The number of aryl methyl sites for hydroxylation is 2. The molecule has 0 radical (unpaired) electrons. The molecular formula is C29H27Cl2FN4O2. The minimum absolute atomic E-state index is 0.0957. The minimum atomic E-state index is -0.573. The highest BCUT2D eigenvalue weighted by Gasteiger charge is 2.41. The number of imidazole rings is 1. The molecule has 0 saturated carbocycles. The van der Waals surface area contributed by atoms with Crippen molar-refractivity contribution in [3.63, 3.8) is 0 Å². The summed E-state index contributed by atoms with van der Waals surface area (Å²) >= 11 is 12.7. The maximum atomic E-state index is 14.4. The predicted octanol–water partition coefficient (Wildman–Crippen LogP) is 8.34. The van der Waals surface area contributed by atoms with E-state index in [1.807, 2.05) is 56.5 Å². The number of anilines is 2. The molecule has 1 N–H and O–H groups in total. The van der Waals surface area contributed by atoms with Gasteiger partial charge in [0.1, 0.15) is 23.4 Å². The van der Waals surface area contributed by atoms with Gasteiger partial charge in [-0.05, 0) is 86.8 Å². The van der Waals surface area contributed by atoms with Crippen molar-refractivity contribution in [3.8, 4) is 17.1 Å². The van der Waals surface area contributed by atoms with Crippen LogP contribution in [0.2, 0.25) is 10.0 Å². The van der Waals surface area contributed by atoms with E-state index in [0.717, 1.165) is 22.4 Å². The van der Waals surface area contributed by atoms with E-state index in [4.69, 9.17) is 32.9 Å². The summed E-state index contributed by atoms with van der Waals surface area (Å²) in [6.45, 7) is 7.94. The number of carbonyl (C=O) groups excluding carboxylic acids is 1. The molecule has 0 aliphatic carbocycles. The molecule has 0 spiro atoms. The Morgan fingerprint density at radius 2 is 1.71 bits per heavy atom. The van der Waals surface area contributed by atoms with Crippen molar-refractivity contribution in [2.45, 2.75) is 39.8 Å². The van der Waals surface area contributed by atoms with E-state index in [1.165, 1.54) is 19.2 Å². The fourth-order valence-electron chi connectivity index (χ4n) is 5.09. The van der Waals surface area contributed by atoms with Gasteiger partial charge >= 0.3 is 6.03 Å². The first kappa shape index (κ1) is 26.1. The first-order valence-corrected chi connectivity index (χ1v) is 12.9. The normalized spacial score (nSPS) is 15.0. The van der Waals surface area contributed by atoms with E-state index < -0.39 is 11.9 Å². The largest absolute Gasteiger partial charge is 0.496 e. The fraction of sp³-hybridized carbons (Fsp3) is 0.241. The SMILES string of the molecule is COc1ccc(F)cc1-c1nc2c(n1C(C)C)C(c1ccc(Cl)cc1C)N(c1cc(Cl)ccc1C)C(=O)N2. The number of nitrogens with one attached hydrogen (secondary N) is 1. The van der Waals surface area contributed by atoms with Gasteiger partial charge in [-0.15, -0.1) is 0 Å². The van der Waals surface area contributed by atoms with Crippen LogP contribution < -0.4 is 15.0 Å². The van der Waals surface area contributed by atoms with Crippen molar-refractivity contribution in [2.24, 2.45) is 0 Å². The van der Waals surface area contributed by atoms with Gasteiger partial charge in [-0.25, -0.2) is 14.2 Å². The lowest BCUT2D eigenvalue weighted by atomic mass is 9.94. The zero-order valence-electron chi connectivity index (χ0n) is 21.6. The molecule has 6 nitrogen and oxygen atoms in total. The van der Waals surface area contributed by atoms with E-state index in [2.05, 4.69) is 5.32 Å². The number of methoxy groups -OCH3 is 1. The van der Waals surface area contributed by atoms with Crippen molar-refractivity contribution in [1.82, 2.24) is 9.55 Å². The van der Waals surface area contributed by atoms with Crippen LogP contribution in [0.4, 0.5) is 20.7 Å². The summed E-state index contributed by atoms with van der Waals surface area (Å²) in [7, 11) is 1.53. The molecule has 2 heterocycles. The lowest BCUT2D eigenvalue weighted by molar-refractivity contribution is 0.254. The smallest absolute Gasteiger partial charge is 0.328 e. The number of hydrogen-bond donors (Lipinski definition) is 1. The van der Waals surface area contributed by atoms with Crippen LogP contribution in [0.5, 0.6) is 5.75 Å². The standard InChI is InChI=1S/C29H27Cl2FN4O2/c1-15(2)35-26-25(21-10-8-18(30)12-17(21)4)36(23-13-19(31)7-6-16(23)3)29(37)34-27(26)33-28(35)22-14-20(32)9-11-24(22)38-5/h6-15,25H,1-5H3,(H,34,37). The van der Waals surface area contributed by atoms with Crippen LogP contribution in [0.15, 0.2) is 54.6 Å². The summed E-state index contributed by atoms with van der Waals surface area (Å²) in [6.07, 6.45) is 0. The van der Waals surface area contributed by atoms with Gasteiger partial charge in [-0.2, -0.15) is 0 Å². The molecule has 2 amide bonds. The summed E-state index contributed by atoms with van der Waals surface area (Å²) in [5, 5.41) is 4.08. The van der Waals surface area contributed by atoms with Gasteiger partial charge in [0.25, 0.3) is 0 Å². The monoisotopic (exact) mass is 552 g/mol. The van der Waals surface area contributed by atoms with Crippen molar-refractivity contribution in [2.75, 3.05) is 17.3 Å². The van der Waals surface area contributed by atoms with Crippen LogP contribution in [0.25, 0.3) is 11.4 Å². The zero-order chi connectivity index (χ0) is 27.3. The minimum Gasteiger partial charge on any atom is -0.496 e. The van der Waals surface area contributed by atoms with Crippen LogP contribution in [-0.4, -0.2) is 22.7 Å². The average Bonchev–Trinajstić information content (AvgIpc) is 3.24. The topological polar surface area (TPSA) is 59.4 Å². The molecule has 1 unspecified atom stereocenters. The summed E-state index contributed by atoms with van der Waals surface area (Å²) < 4.78 is 22.0. The number of hydrogen-bond acceptors (Lipinski definition) is 3. The van der Waals surface area contributed by atoms with Gasteiger partial charge in [0.2, 0.25) is 0 Å². The lowest BCUT2D eigenvalue weighted by Gasteiger charge is -2.38. The lowest BCUT2D eigenvalue weighted by Crippen LogP contribution is -2.44.